The zero-order valence-corrected chi connectivity index (χ0v) is 22.4. The van der Waals surface area contributed by atoms with Gasteiger partial charge in [0.1, 0.15) is 12.4 Å². The van der Waals surface area contributed by atoms with Crippen LogP contribution in [0.1, 0.15) is 69.2 Å². The van der Waals surface area contributed by atoms with E-state index < -0.39 is 6.04 Å². The molecule has 1 aromatic heterocycles. The van der Waals surface area contributed by atoms with Gasteiger partial charge in [0.25, 0.3) is 5.91 Å². The molecule has 2 aromatic carbocycles. The number of hydrogen-bond acceptors (Lipinski definition) is 6. The molecule has 0 fully saturated rings. The molecule has 196 valence electrons. The van der Waals surface area contributed by atoms with Gasteiger partial charge in [-0.05, 0) is 69.0 Å². The highest BCUT2D eigenvalue weighted by atomic mass is 16.5. The van der Waals surface area contributed by atoms with E-state index in [2.05, 4.69) is 27.6 Å². The van der Waals surface area contributed by atoms with Crippen LogP contribution in [0.5, 0.6) is 11.5 Å². The van der Waals surface area contributed by atoms with Crippen LogP contribution in [-0.4, -0.2) is 33.9 Å². The standard InChI is InChI=1S/C29H37N5O3/c1-6-8-9-10-16-37-24-15-14-22(17-25(24)36-7-2)27-26(21(5)32-29-30-18-31-34(27)29)28(35)33-23-13-11-12-19(3)20(23)4/h11-15,17-18,27H,6-10,16H2,1-5H3,(H,33,35)(H,30,31,32). The second-order valence-corrected chi connectivity index (χ2v) is 9.34. The Labute approximate surface area is 219 Å². The van der Waals surface area contributed by atoms with Crippen LogP contribution in [-0.2, 0) is 4.79 Å². The maximum Gasteiger partial charge on any atom is 0.255 e. The Hall–Kier alpha value is -3.81. The first-order valence-electron chi connectivity index (χ1n) is 13.1. The number of carbonyl (C=O) groups excluding carboxylic acids is 1. The average molecular weight is 504 g/mol. The lowest BCUT2D eigenvalue weighted by Gasteiger charge is -2.29. The van der Waals surface area contributed by atoms with E-state index in [1.807, 2.05) is 64.1 Å². The van der Waals surface area contributed by atoms with Crippen molar-refractivity contribution in [1.29, 1.82) is 0 Å². The summed E-state index contributed by atoms with van der Waals surface area (Å²) in [6.07, 6.45) is 6.03. The highest BCUT2D eigenvalue weighted by Crippen LogP contribution is 2.39. The van der Waals surface area contributed by atoms with Gasteiger partial charge in [-0.1, -0.05) is 44.4 Å². The van der Waals surface area contributed by atoms with Gasteiger partial charge < -0.3 is 20.1 Å². The molecule has 1 aliphatic heterocycles. The van der Waals surface area contributed by atoms with Gasteiger partial charge in [-0.25, -0.2) is 4.68 Å². The molecule has 0 aliphatic carbocycles. The molecule has 8 nitrogen and oxygen atoms in total. The van der Waals surface area contributed by atoms with Crippen LogP contribution in [0.2, 0.25) is 0 Å². The van der Waals surface area contributed by atoms with Crippen molar-refractivity contribution in [2.45, 2.75) is 66.3 Å². The Morgan fingerprint density at radius 1 is 1.05 bits per heavy atom. The lowest BCUT2D eigenvalue weighted by molar-refractivity contribution is -0.113. The fourth-order valence-electron chi connectivity index (χ4n) is 4.56. The van der Waals surface area contributed by atoms with Gasteiger partial charge in [-0.15, -0.1) is 0 Å². The first kappa shape index (κ1) is 26.3. The third-order valence-electron chi connectivity index (χ3n) is 6.73. The third kappa shape index (κ3) is 5.79. The second-order valence-electron chi connectivity index (χ2n) is 9.34. The average Bonchev–Trinajstić information content (AvgIpc) is 3.34. The van der Waals surface area contributed by atoms with Crippen LogP contribution in [0, 0.1) is 13.8 Å². The zero-order chi connectivity index (χ0) is 26.4. The summed E-state index contributed by atoms with van der Waals surface area (Å²) in [5, 5.41) is 10.8. The minimum absolute atomic E-state index is 0.195. The molecule has 37 heavy (non-hydrogen) atoms. The molecule has 3 aromatic rings. The van der Waals surface area contributed by atoms with Crippen LogP contribution >= 0.6 is 0 Å². The molecule has 1 atom stereocenters. The summed E-state index contributed by atoms with van der Waals surface area (Å²) in [6, 6.07) is 11.3. The van der Waals surface area contributed by atoms with Crippen molar-refractivity contribution < 1.29 is 14.3 Å². The van der Waals surface area contributed by atoms with E-state index in [-0.39, 0.29) is 5.91 Å². The summed E-state index contributed by atoms with van der Waals surface area (Å²) in [6.45, 7) is 11.2. The van der Waals surface area contributed by atoms with Crippen molar-refractivity contribution in [2.24, 2.45) is 0 Å². The fourth-order valence-corrected chi connectivity index (χ4v) is 4.56. The minimum atomic E-state index is -0.485. The molecule has 0 saturated heterocycles. The van der Waals surface area contributed by atoms with Gasteiger partial charge >= 0.3 is 0 Å². The molecule has 0 spiro atoms. The smallest absolute Gasteiger partial charge is 0.255 e. The molecule has 1 unspecified atom stereocenters. The van der Waals surface area contributed by atoms with Crippen molar-refractivity contribution >= 4 is 17.5 Å². The van der Waals surface area contributed by atoms with Gasteiger partial charge in [-0.2, -0.15) is 10.1 Å². The molecule has 4 rings (SSSR count). The van der Waals surface area contributed by atoms with Gasteiger partial charge in [0.2, 0.25) is 5.95 Å². The lowest BCUT2D eigenvalue weighted by Crippen LogP contribution is -2.31. The highest BCUT2D eigenvalue weighted by molar-refractivity contribution is 6.06. The Balaban J connectivity index is 1.67. The topological polar surface area (TPSA) is 90.3 Å². The number of allylic oxidation sites excluding steroid dienone is 1. The van der Waals surface area contributed by atoms with E-state index in [9.17, 15) is 4.79 Å². The number of unbranched alkanes of at least 4 members (excludes halogenated alkanes) is 3. The number of carbonyl (C=O) groups is 1. The number of nitrogens with one attached hydrogen (secondary N) is 2. The molecule has 2 heterocycles. The summed E-state index contributed by atoms with van der Waals surface area (Å²) < 4.78 is 13.8. The molecule has 1 aliphatic rings. The number of anilines is 2. The van der Waals surface area contributed by atoms with Crippen molar-refractivity contribution in [3.8, 4) is 11.5 Å². The van der Waals surface area contributed by atoms with E-state index in [4.69, 9.17) is 9.47 Å². The number of hydrogen-bond donors (Lipinski definition) is 2. The second kappa shape index (κ2) is 12.0. The van der Waals surface area contributed by atoms with E-state index in [0.717, 1.165) is 40.9 Å². The number of nitrogens with zero attached hydrogens (tertiary/aromatic N) is 3. The molecule has 0 bridgehead atoms. The zero-order valence-electron chi connectivity index (χ0n) is 22.4. The van der Waals surface area contributed by atoms with Gasteiger partial charge in [0.05, 0.1) is 18.8 Å². The van der Waals surface area contributed by atoms with Crippen molar-refractivity contribution in [3.05, 3.63) is 70.7 Å². The molecule has 0 saturated carbocycles. The normalized spacial score (nSPS) is 14.7. The highest BCUT2D eigenvalue weighted by Gasteiger charge is 2.34. The maximum atomic E-state index is 13.7. The summed E-state index contributed by atoms with van der Waals surface area (Å²) in [5.74, 6) is 1.75. The first-order valence-corrected chi connectivity index (χ1v) is 13.1. The Kier molecular flexibility index (Phi) is 8.48. The number of fused-ring (bicyclic) bond motifs is 1. The van der Waals surface area contributed by atoms with Crippen LogP contribution in [0.4, 0.5) is 11.6 Å². The summed E-state index contributed by atoms with van der Waals surface area (Å²) in [7, 11) is 0. The van der Waals surface area contributed by atoms with Crippen LogP contribution < -0.4 is 20.1 Å². The van der Waals surface area contributed by atoms with Crippen LogP contribution in [0.3, 0.4) is 0 Å². The van der Waals surface area contributed by atoms with Crippen molar-refractivity contribution in [1.82, 2.24) is 14.8 Å². The Morgan fingerprint density at radius 2 is 1.89 bits per heavy atom. The molecular formula is C29H37N5O3. The lowest BCUT2D eigenvalue weighted by atomic mass is 9.94. The maximum absolute atomic E-state index is 13.7. The number of amides is 1. The van der Waals surface area contributed by atoms with Crippen molar-refractivity contribution in [3.63, 3.8) is 0 Å². The van der Waals surface area contributed by atoms with Crippen LogP contribution in [0.15, 0.2) is 54.0 Å². The number of rotatable bonds is 11. The van der Waals surface area contributed by atoms with Gasteiger partial charge in [-0.3, -0.25) is 4.79 Å². The first-order chi connectivity index (χ1) is 17.9. The quantitative estimate of drug-likeness (QED) is 0.304. The fraction of sp³-hybridized carbons (Fsp3) is 0.414. The number of aromatic nitrogens is 3. The molecule has 2 N–H and O–H groups in total. The number of ether oxygens (including phenoxy) is 2. The van der Waals surface area contributed by atoms with E-state index in [0.29, 0.717) is 36.2 Å². The van der Waals surface area contributed by atoms with Gasteiger partial charge in [0.15, 0.2) is 11.5 Å². The number of benzene rings is 2. The SMILES string of the molecule is CCCCCCOc1ccc(C2C(C(=O)Nc3cccc(C)c3C)=C(C)Nc3ncnn32)cc1OCC. The molecule has 8 heteroatoms. The Morgan fingerprint density at radius 3 is 2.68 bits per heavy atom. The van der Waals surface area contributed by atoms with E-state index in [1.54, 1.807) is 4.68 Å². The van der Waals surface area contributed by atoms with Crippen LogP contribution in [0.25, 0.3) is 0 Å². The molecular weight excluding hydrogens is 466 g/mol. The summed E-state index contributed by atoms with van der Waals surface area (Å²) in [5.41, 5.74) is 5.09. The summed E-state index contributed by atoms with van der Waals surface area (Å²) >= 11 is 0. The monoisotopic (exact) mass is 503 g/mol. The molecule has 0 radical (unpaired) electrons. The predicted molar refractivity (Wildman–Crippen MR) is 146 cm³/mol. The largest absolute Gasteiger partial charge is 0.490 e. The van der Waals surface area contributed by atoms with Gasteiger partial charge in [0, 0.05) is 11.4 Å². The number of aryl methyl sites for hydroxylation is 1. The third-order valence-corrected chi connectivity index (χ3v) is 6.73. The minimum Gasteiger partial charge on any atom is -0.490 e. The van der Waals surface area contributed by atoms with E-state index in [1.165, 1.54) is 19.2 Å². The van der Waals surface area contributed by atoms with Crippen molar-refractivity contribution in [2.75, 3.05) is 23.8 Å². The Bertz CT molecular complexity index is 1280. The van der Waals surface area contributed by atoms with E-state index >= 15 is 0 Å². The summed E-state index contributed by atoms with van der Waals surface area (Å²) in [4.78, 5) is 18.1. The molecule has 1 amide bonds. The predicted octanol–water partition coefficient (Wildman–Crippen LogP) is 6.18.